The Morgan fingerprint density at radius 1 is 1.23 bits per heavy atom. The van der Waals surface area contributed by atoms with Crippen molar-refractivity contribution < 1.29 is 9.63 Å². The number of rotatable bonds is 1. The molecule has 0 bridgehead atoms. The zero-order valence-electron chi connectivity index (χ0n) is 8.34. The second kappa shape index (κ2) is 3.56. The number of hydrogen-bond donors (Lipinski definition) is 0. The van der Waals surface area contributed by atoms with Crippen LogP contribution in [0.1, 0.15) is 20.8 Å². The van der Waals surface area contributed by atoms with Crippen LogP contribution in [0.4, 0.5) is 0 Å². The SMILES string of the molecule is CON=C1C=C(C)C(=O)C(C)=C1C. The lowest BCUT2D eigenvalue weighted by atomic mass is 9.92. The number of oxime groups is 1. The van der Waals surface area contributed by atoms with Gasteiger partial charge in [-0.05, 0) is 38.0 Å². The first-order chi connectivity index (χ1) is 6.07. The molecule has 1 aliphatic rings. The van der Waals surface area contributed by atoms with E-state index in [1.165, 1.54) is 7.11 Å². The first-order valence-electron chi connectivity index (χ1n) is 4.10. The maximum atomic E-state index is 11.5. The van der Waals surface area contributed by atoms with E-state index in [9.17, 15) is 4.79 Å². The van der Waals surface area contributed by atoms with Crippen molar-refractivity contribution in [1.82, 2.24) is 0 Å². The van der Waals surface area contributed by atoms with Gasteiger partial charge in [-0.1, -0.05) is 5.16 Å². The largest absolute Gasteiger partial charge is 0.399 e. The Morgan fingerprint density at radius 2 is 1.85 bits per heavy atom. The molecule has 0 spiro atoms. The molecule has 13 heavy (non-hydrogen) atoms. The Hall–Kier alpha value is -1.38. The molecule has 0 aliphatic heterocycles. The topological polar surface area (TPSA) is 38.7 Å². The smallest absolute Gasteiger partial charge is 0.184 e. The maximum absolute atomic E-state index is 11.5. The minimum absolute atomic E-state index is 0.0903. The van der Waals surface area contributed by atoms with Crippen LogP contribution in [0.15, 0.2) is 28.0 Å². The maximum Gasteiger partial charge on any atom is 0.184 e. The normalized spacial score (nSPS) is 20.8. The lowest BCUT2D eigenvalue weighted by Gasteiger charge is -2.13. The molecular weight excluding hydrogens is 166 g/mol. The van der Waals surface area contributed by atoms with E-state index in [0.29, 0.717) is 5.57 Å². The van der Waals surface area contributed by atoms with Crippen molar-refractivity contribution in [3.63, 3.8) is 0 Å². The monoisotopic (exact) mass is 179 g/mol. The van der Waals surface area contributed by atoms with Gasteiger partial charge in [0.2, 0.25) is 0 Å². The number of ketones is 1. The van der Waals surface area contributed by atoms with Crippen LogP contribution in [0.3, 0.4) is 0 Å². The Labute approximate surface area is 77.8 Å². The van der Waals surface area contributed by atoms with Crippen molar-refractivity contribution in [2.24, 2.45) is 5.16 Å². The van der Waals surface area contributed by atoms with E-state index in [1.807, 2.05) is 6.92 Å². The van der Waals surface area contributed by atoms with Gasteiger partial charge in [-0.2, -0.15) is 0 Å². The van der Waals surface area contributed by atoms with Crippen LogP contribution >= 0.6 is 0 Å². The predicted octanol–water partition coefficient (Wildman–Crippen LogP) is 1.85. The molecule has 70 valence electrons. The molecule has 0 fully saturated rings. The summed E-state index contributed by atoms with van der Waals surface area (Å²) in [5.41, 5.74) is 3.07. The standard InChI is InChI=1S/C10H13NO2/c1-6-5-9(11-13-4)7(2)8(3)10(6)12/h5H,1-4H3. The molecule has 0 aromatic heterocycles. The minimum Gasteiger partial charge on any atom is -0.399 e. The molecule has 0 amide bonds. The molecule has 1 aliphatic carbocycles. The van der Waals surface area contributed by atoms with E-state index >= 15 is 0 Å². The fourth-order valence-electron chi connectivity index (χ4n) is 1.23. The van der Waals surface area contributed by atoms with Gasteiger partial charge in [0.1, 0.15) is 12.8 Å². The first-order valence-corrected chi connectivity index (χ1v) is 4.10. The Bertz CT molecular complexity index is 335. The van der Waals surface area contributed by atoms with E-state index in [2.05, 4.69) is 9.99 Å². The molecule has 0 atom stereocenters. The zero-order chi connectivity index (χ0) is 10.0. The van der Waals surface area contributed by atoms with E-state index in [1.54, 1.807) is 19.9 Å². The lowest BCUT2D eigenvalue weighted by Crippen LogP contribution is -2.15. The number of Topliss-reactive ketones (excluding diaryl/α,β-unsaturated/α-hetero) is 1. The van der Waals surface area contributed by atoms with Gasteiger partial charge in [0.15, 0.2) is 5.78 Å². The summed E-state index contributed by atoms with van der Waals surface area (Å²) in [6.07, 6.45) is 1.74. The third-order valence-electron chi connectivity index (χ3n) is 2.19. The van der Waals surface area contributed by atoms with Crippen LogP contribution in [0, 0.1) is 0 Å². The molecule has 0 N–H and O–H groups in total. The summed E-state index contributed by atoms with van der Waals surface area (Å²) < 4.78 is 0. The van der Waals surface area contributed by atoms with Crippen LogP contribution in [-0.4, -0.2) is 18.6 Å². The Kier molecular flexibility index (Phi) is 2.66. The average Bonchev–Trinajstić information content (AvgIpc) is 2.11. The highest BCUT2D eigenvalue weighted by Crippen LogP contribution is 2.18. The first kappa shape index (κ1) is 9.71. The number of hydrogen-bond acceptors (Lipinski definition) is 3. The molecule has 0 unspecified atom stereocenters. The van der Waals surface area contributed by atoms with Crippen molar-refractivity contribution in [3.8, 4) is 0 Å². The van der Waals surface area contributed by atoms with Crippen LogP contribution in [0.25, 0.3) is 0 Å². The number of allylic oxidation sites excluding steroid dienone is 4. The van der Waals surface area contributed by atoms with Gasteiger partial charge < -0.3 is 4.84 Å². The van der Waals surface area contributed by atoms with Crippen LogP contribution in [-0.2, 0) is 9.63 Å². The molecular formula is C10H13NO2. The molecule has 3 heteroatoms. The van der Waals surface area contributed by atoms with E-state index in [4.69, 9.17) is 0 Å². The van der Waals surface area contributed by atoms with Crippen LogP contribution in [0.5, 0.6) is 0 Å². The summed E-state index contributed by atoms with van der Waals surface area (Å²) in [6, 6.07) is 0. The van der Waals surface area contributed by atoms with Crippen molar-refractivity contribution in [1.29, 1.82) is 0 Å². The van der Waals surface area contributed by atoms with Crippen LogP contribution < -0.4 is 0 Å². The van der Waals surface area contributed by atoms with Crippen molar-refractivity contribution in [2.45, 2.75) is 20.8 Å². The number of nitrogens with zero attached hydrogens (tertiary/aromatic N) is 1. The van der Waals surface area contributed by atoms with E-state index in [-0.39, 0.29) is 5.78 Å². The second-order valence-corrected chi connectivity index (χ2v) is 3.07. The summed E-state index contributed by atoms with van der Waals surface area (Å²) in [7, 11) is 1.50. The summed E-state index contributed by atoms with van der Waals surface area (Å²) in [5, 5.41) is 3.83. The Morgan fingerprint density at radius 3 is 2.38 bits per heavy atom. The summed E-state index contributed by atoms with van der Waals surface area (Å²) in [4.78, 5) is 16.1. The van der Waals surface area contributed by atoms with Crippen molar-refractivity contribution >= 4 is 11.5 Å². The molecule has 0 saturated heterocycles. The van der Waals surface area contributed by atoms with Gasteiger partial charge in [0, 0.05) is 5.57 Å². The van der Waals surface area contributed by atoms with Gasteiger partial charge in [0.05, 0.1) is 0 Å². The predicted molar refractivity (Wildman–Crippen MR) is 51.6 cm³/mol. The molecule has 0 saturated carbocycles. The highest BCUT2D eigenvalue weighted by atomic mass is 16.6. The molecule has 0 radical (unpaired) electrons. The van der Waals surface area contributed by atoms with Gasteiger partial charge in [-0.25, -0.2) is 0 Å². The van der Waals surface area contributed by atoms with Crippen LogP contribution in [0.2, 0.25) is 0 Å². The highest BCUT2D eigenvalue weighted by Gasteiger charge is 2.18. The number of carbonyl (C=O) groups is 1. The van der Waals surface area contributed by atoms with E-state index < -0.39 is 0 Å². The van der Waals surface area contributed by atoms with Crippen molar-refractivity contribution in [3.05, 3.63) is 22.8 Å². The molecule has 1 rings (SSSR count). The fraction of sp³-hybridized carbons (Fsp3) is 0.400. The molecule has 0 heterocycles. The third-order valence-corrected chi connectivity index (χ3v) is 2.19. The zero-order valence-corrected chi connectivity index (χ0v) is 8.34. The molecule has 0 aromatic rings. The molecule has 0 aromatic carbocycles. The van der Waals surface area contributed by atoms with Gasteiger partial charge in [-0.15, -0.1) is 0 Å². The Balaban J connectivity index is 3.17. The van der Waals surface area contributed by atoms with Gasteiger partial charge >= 0.3 is 0 Å². The number of carbonyl (C=O) groups excluding carboxylic acids is 1. The van der Waals surface area contributed by atoms with Gasteiger partial charge in [0.25, 0.3) is 0 Å². The second-order valence-electron chi connectivity index (χ2n) is 3.07. The summed E-state index contributed by atoms with van der Waals surface area (Å²) in [6.45, 7) is 5.46. The fourth-order valence-corrected chi connectivity index (χ4v) is 1.23. The third kappa shape index (κ3) is 1.69. The summed E-state index contributed by atoms with van der Waals surface area (Å²) >= 11 is 0. The van der Waals surface area contributed by atoms with Crippen molar-refractivity contribution in [2.75, 3.05) is 7.11 Å². The average molecular weight is 179 g/mol. The minimum atomic E-state index is 0.0903. The quantitative estimate of drug-likeness (QED) is 0.455. The lowest BCUT2D eigenvalue weighted by molar-refractivity contribution is -0.112. The summed E-state index contributed by atoms with van der Waals surface area (Å²) in [5.74, 6) is 0.0903. The molecule has 3 nitrogen and oxygen atoms in total. The van der Waals surface area contributed by atoms with Gasteiger partial charge in [-0.3, -0.25) is 4.79 Å². The van der Waals surface area contributed by atoms with E-state index in [0.717, 1.165) is 16.9 Å². The highest BCUT2D eigenvalue weighted by molar-refractivity contribution is 6.23.